The number of halogens is 2. The van der Waals surface area contributed by atoms with E-state index < -0.39 is 0 Å². The Morgan fingerprint density at radius 2 is 1.83 bits per heavy atom. The highest BCUT2D eigenvalue weighted by atomic mass is 35.5. The normalized spacial score (nSPS) is 10.5. The van der Waals surface area contributed by atoms with E-state index in [-0.39, 0.29) is 18.3 Å². The van der Waals surface area contributed by atoms with Gasteiger partial charge in [0.1, 0.15) is 0 Å². The molecule has 0 radical (unpaired) electrons. The molecule has 4 nitrogen and oxygen atoms in total. The van der Waals surface area contributed by atoms with Crippen molar-refractivity contribution in [2.24, 2.45) is 0 Å². The van der Waals surface area contributed by atoms with Gasteiger partial charge in [0.15, 0.2) is 0 Å². The Hall–Kier alpha value is -1.56. The van der Waals surface area contributed by atoms with Crippen molar-refractivity contribution in [2.45, 2.75) is 13.3 Å². The lowest BCUT2D eigenvalue weighted by Crippen LogP contribution is -2.32. The van der Waals surface area contributed by atoms with E-state index >= 15 is 0 Å². The lowest BCUT2D eigenvalue weighted by atomic mass is 10.2. The summed E-state index contributed by atoms with van der Waals surface area (Å²) in [5.74, 6) is -0.438. The quantitative estimate of drug-likeness (QED) is 0.674. The number of carbonyl (C=O) groups excluding carboxylic acids is 2. The van der Waals surface area contributed by atoms with Crippen molar-refractivity contribution >= 4 is 46.4 Å². The largest absolute Gasteiger partial charge is 0.469 e. The van der Waals surface area contributed by atoms with Crippen molar-refractivity contribution in [1.29, 1.82) is 0 Å². The molecule has 2 rings (SSSR count). The molecule has 0 atom stereocenters. The summed E-state index contributed by atoms with van der Waals surface area (Å²) >= 11 is 13.4. The van der Waals surface area contributed by atoms with Gasteiger partial charge in [-0.3, -0.25) is 9.59 Å². The van der Waals surface area contributed by atoms with E-state index in [0.717, 1.165) is 10.4 Å². The lowest BCUT2D eigenvalue weighted by molar-refractivity contribution is -0.140. The van der Waals surface area contributed by atoms with E-state index in [9.17, 15) is 9.59 Å². The van der Waals surface area contributed by atoms with Crippen LogP contribution in [-0.4, -0.2) is 37.0 Å². The van der Waals surface area contributed by atoms with Crippen molar-refractivity contribution in [3.8, 4) is 10.4 Å². The molecule has 1 aromatic carbocycles. The number of carbonyl (C=O) groups is 2. The van der Waals surface area contributed by atoms with E-state index in [1.165, 1.54) is 18.4 Å². The summed E-state index contributed by atoms with van der Waals surface area (Å²) in [6, 6.07) is 8.93. The van der Waals surface area contributed by atoms with E-state index in [4.69, 9.17) is 23.2 Å². The predicted molar refractivity (Wildman–Crippen MR) is 98.0 cm³/mol. The molecule has 2 aromatic rings. The molecular weight excluding hydrogens is 369 g/mol. The number of methoxy groups -OCH3 is 1. The first-order valence-electron chi connectivity index (χ1n) is 7.37. The Bertz CT molecular complexity index is 725. The number of hydrogen-bond acceptors (Lipinski definition) is 4. The van der Waals surface area contributed by atoms with Gasteiger partial charge in [-0.1, -0.05) is 23.2 Å². The predicted octanol–water partition coefficient (Wildman–Crippen LogP) is 4.75. The maximum atomic E-state index is 12.6. The molecule has 0 aliphatic rings. The molecule has 1 amide bonds. The van der Waals surface area contributed by atoms with Gasteiger partial charge in [-0.2, -0.15) is 0 Å². The molecule has 0 aliphatic heterocycles. The van der Waals surface area contributed by atoms with Crippen molar-refractivity contribution in [2.75, 3.05) is 20.2 Å². The standard InChI is InChI=1S/C17H17Cl2NO3S/c1-3-20(7-6-16(21)23-2)17(22)15-5-4-14(24-15)11-8-12(18)10-13(19)9-11/h4-5,8-10H,3,6-7H2,1-2H3. The molecule has 0 spiro atoms. The minimum Gasteiger partial charge on any atom is -0.469 e. The Kier molecular flexibility index (Phi) is 6.66. The van der Waals surface area contributed by atoms with Gasteiger partial charge in [0, 0.05) is 28.0 Å². The lowest BCUT2D eigenvalue weighted by Gasteiger charge is -2.19. The number of hydrogen-bond donors (Lipinski definition) is 0. The van der Waals surface area contributed by atoms with Crippen LogP contribution in [0.5, 0.6) is 0 Å². The summed E-state index contributed by atoms with van der Waals surface area (Å²) in [5, 5.41) is 1.10. The monoisotopic (exact) mass is 385 g/mol. The summed E-state index contributed by atoms with van der Waals surface area (Å²) in [5.41, 5.74) is 0.870. The second-order valence-corrected chi connectivity index (χ2v) is 6.99. The van der Waals surface area contributed by atoms with Gasteiger partial charge in [0.2, 0.25) is 0 Å². The zero-order chi connectivity index (χ0) is 17.7. The molecule has 7 heteroatoms. The van der Waals surface area contributed by atoms with Gasteiger partial charge in [-0.25, -0.2) is 0 Å². The third kappa shape index (κ3) is 4.72. The molecule has 0 aliphatic carbocycles. The molecule has 0 unspecified atom stereocenters. The molecular formula is C17H17Cl2NO3S. The van der Waals surface area contributed by atoms with Crippen LogP contribution in [0.15, 0.2) is 30.3 Å². The number of esters is 1. The van der Waals surface area contributed by atoms with Crippen LogP contribution in [0.1, 0.15) is 23.0 Å². The van der Waals surface area contributed by atoms with Crippen LogP contribution >= 0.6 is 34.5 Å². The van der Waals surface area contributed by atoms with Crippen LogP contribution in [0.2, 0.25) is 10.0 Å². The van der Waals surface area contributed by atoms with Gasteiger partial charge in [-0.05, 0) is 42.8 Å². The summed E-state index contributed by atoms with van der Waals surface area (Å²) < 4.78 is 4.62. The van der Waals surface area contributed by atoms with E-state index in [0.29, 0.717) is 28.0 Å². The average molecular weight is 386 g/mol. The first-order chi connectivity index (χ1) is 11.4. The van der Waals surface area contributed by atoms with Crippen LogP contribution in [0.25, 0.3) is 10.4 Å². The number of thiophene rings is 1. The highest BCUT2D eigenvalue weighted by Crippen LogP contribution is 2.32. The van der Waals surface area contributed by atoms with Gasteiger partial charge < -0.3 is 9.64 Å². The van der Waals surface area contributed by atoms with Crippen molar-refractivity contribution in [3.63, 3.8) is 0 Å². The maximum Gasteiger partial charge on any atom is 0.307 e. The fourth-order valence-electron chi connectivity index (χ4n) is 2.19. The zero-order valence-corrected chi connectivity index (χ0v) is 15.7. The van der Waals surface area contributed by atoms with Gasteiger partial charge in [-0.15, -0.1) is 11.3 Å². The minimum atomic E-state index is -0.332. The molecule has 1 aromatic heterocycles. The first kappa shape index (κ1) is 18.8. The SMILES string of the molecule is CCN(CCC(=O)OC)C(=O)c1ccc(-c2cc(Cl)cc(Cl)c2)s1. The zero-order valence-electron chi connectivity index (χ0n) is 13.3. The summed E-state index contributed by atoms with van der Waals surface area (Å²) in [7, 11) is 1.34. The van der Waals surface area contributed by atoms with E-state index in [1.807, 2.05) is 25.1 Å². The van der Waals surface area contributed by atoms with Crippen molar-refractivity contribution in [3.05, 3.63) is 45.3 Å². The van der Waals surface area contributed by atoms with Crippen LogP contribution in [0.3, 0.4) is 0 Å². The highest BCUT2D eigenvalue weighted by Gasteiger charge is 2.18. The molecule has 128 valence electrons. The van der Waals surface area contributed by atoms with Gasteiger partial charge in [0.05, 0.1) is 18.4 Å². The average Bonchev–Trinajstić information content (AvgIpc) is 3.04. The Morgan fingerprint density at radius 3 is 2.42 bits per heavy atom. The summed E-state index contributed by atoms with van der Waals surface area (Å²) in [6.45, 7) is 2.73. The molecule has 0 saturated heterocycles. The second kappa shape index (κ2) is 8.51. The third-order valence-electron chi connectivity index (χ3n) is 3.45. The molecule has 1 heterocycles. The van der Waals surface area contributed by atoms with E-state index in [1.54, 1.807) is 17.0 Å². The molecule has 0 saturated carbocycles. The van der Waals surface area contributed by atoms with Gasteiger partial charge >= 0.3 is 5.97 Å². The van der Waals surface area contributed by atoms with Crippen molar-refractivity contribution in [1.82, 2.24) is 4.90 Å². The molecule has 0 fully saturated rings. The molecule has 0 bridgehead atoms. The van der Waals surface area contributed by atoms with Crippen LogP contribution in [0.4, 0.5) is 0 Å². The second-order valence-electron chi connectivity index (χ2n) is 5.03. The Morgan fingerprint density at radius 1 is 1.17 bits per heavy atom. The number of benzene rings is 1. The van der Waals surface area contributed by atoms with Crippen LogP contribution in [0, 0.1) is 0 Å². The van der Waals surface area contributed by atoms with E-state index in [2.05, 4.69) is 4.74 Å². The topological polar surface area (TPSA) is 46.6 Å². The first-order valence-corrected chi connectivity index (χ1v) is 8.94. The fraction of sp³-hybridized carbons (Fsp3) is 0.294. The Labute approximate surface area is 154 Å². The van der Waals surface area contributed by atoms with Gasteiger partial charge in [0.25, 0.3) is 5.91 Å². The number of amides is 1. The summed E-state index contributed by atoms with van der Waals surface area (Å²) in [6.07, 6.45) is 0.179. The van der Waals surface area contributed by atoms with Crippen LogP contribution < -0.4 is 0 Å². The fourth-order valence-corrected chi connectivity index (χ4v) is 3.68. The maximum absolute atomic E-state index is 12.6. The smallest absolute Gasteiger partial charge is 0.307 e. The number of ether oxygens (including phenoxy) is 1. The third-order valence-corrected chi connectivity index (χ3v) is 5.01. The number of rotatable bonds is 6. The summed E-state index contributed by atoms with van der Waals surface area (Å²) in [4.78, 5) is 27.0. The molecule has 0 N–H and O–H groups in total. The minimum absolute atomic E-state index is 0.106. The van der Waals surface area contributed by atoms with Crippen LogP contribution in [-0.2, 0) is 9.53 Å². The van der Waals surface area contributed by atoms with Crippen molar-refractivity contribution < 1.29 is 14.3 Å². The highest BCUT2D eigenvalue weighted by molar-refractivity contribution is 7.17. The molecule has 24 heavy (non-hydrogen) atoms. The Balaban J connectivity index is 2.16. The number of nitrogens with zero attached hydrogens (tertiary/aromatic N) is 1.